The molecule has 0 spiro atoms. The van der Waals surface area contributed by atoms with Gasteiger partial charge in [-0.15, -0.1) is 11.3 Å². The van der Waals surface area contributed by atoms with Crippen molar-refractivity contribution in [2.24, 2.45) is 5.92 Å². The summed E-state index contributed by atoms with van der Waals surface area (Å²) >= 11 is 1.72. The van der Waals surface area contributed by atoms with Gasteiger partial charge in [0.15, 0.2) is 0 Å². The minimum Gasteiger partial charge on any atom is -0.481 e. The highest BCUT2D eigenvalue weighted by Gasteiger charge is 2.32. The van der Waals surface area contributed by atoms with Crippen molar-refractivity contribution < 1.29 is 9.90 Å². The first kappa shape index (κ1) is 10.6. The normalized spacial score (nSPS) is 26.5. The standard InChI is InChI=1S/C11H15NO2S/c1-7-2-3-10(15-7)8-4-5-12-6-9(8)11(13)14/h2-3,8-9,12H,4-6H2,1H3,(H,13,14). The number of aliphatic carboxylic acids is 1. The van der Waals surface area contributed by atoms with E-state index in [2.05, 4.69) is 24.4 Å². The number of carboxylic acid groups (broad SMARTS) is 1. The zero-order valence-electron chi connectivity index (χ0n) is 8.69. The molecular formula is C11H15NO2S. The maximum Gasteiger partial charge on any atom is 0.308 e. The van der Waals surface area contributed by atoms with Gasteiger partial charge in [-0.3, -0.25) is 4.79 Å². The minimum atomic E-state index is -0.682. The molecule has 0 bridgehead atoms. The first-order valence-corrected chi connectivity index (χ1v) is 6.00. The van der Waals surface area contributed by atoms with Crippen molar-refractivity contribution in [3.8, 4) is 0 Å². The van der Waals surface area contributed by atoms with E-state index in [4.69, 9.17) is 5.11 Å². The lowest BCUT2D eigenvalue weighted by atomic mass is 9.85. The maximum atomic E-state index is 11.1. The van der Waals surface area contributed by atoms with Gasteiger partial charge in [-0.25, -0.2) is 0 Å². The number of rotatable bonds is 2. The number of thiophene rings is 1. The first-order valence-electron chi connectivity index (χ1n) is 5.18. The lowest BCUT2D eigenvalue weighted by Crippen LogP contribution is -2.39. The van der Waals surface area contributed by atoms with Gasteiger partial charge in [-0.05, 0) is 32.0 Å². The van der Waals surface area contributed by atoms with Crippen LogP contribution >= 0.6 is 11.3 Å². The average Bonchev–Trinajstić information content (AvgIpc) is 2.65. The second kappa shape index (κ2) is 4.33. The van der Waals surface area contributed by atoms with E-state index in [1.54, 1.807) is 11.3 Å². The monoisotopic (exact) mass is 225 g/mol. The molecule has 0 amide bonds. The van der Waals surface area contributed by atoms with E-state index in [9.17, 15) is 4.79 Å². The summed E-state index contributed by atoms with van der Waals surface area (Å²) in [4.78, 5) is 13.6. The van der Waals surface area contributed by atoms with Crippen LogP contribution in [0.4, 0.5) is 0 Å². The summed E-state index contributed by atoms with van der Waals surface area (Å²) < 4.78 is 0. The van der Waals surface area contributed by atoms with Crippen LogP contribution in [-0.4, -0.2) is 24.2 Å². The van der Waals surface area contributed by atoms with Crippen molar-refractivity contribution in [3.05, 3.63) is 21.9 Å². The van der Waals surface area contributed by atoms with Crippen molar-refractivity contribution in [2.45, 2.75) is 19.3 Å². The highest BCUT2D eigenvalue weighted by molar-refractivity contribution is 7.12. The van der Waals surface area contributed by atoms with E-state index < -0.39 is 5.97 Å². The SMILES string of the molecule is Cc1ccc(C2CCNCC2C(=O)O)s1. The van der Waals surface area contributed by atoms with Crippen LogP contribution in [0.5, 0.6) is 0 Å². The molecule has 1 saturated heterocycles. The Hall–Kier alpha value is -0.870. The van der Waals surface area contributed by atoms with E-state index in [1.165, 1.54) is 9.75 Å². The van der Waals surface area contributed by atoms with Crippen LogP contribution in [0.1, 0.15) is 22.1 Å². The maximum absolute atomic E-state index is 11.1. The number of piperidine rings is 1. The molecule has 0 saturated carbocycles. The number of aryl methyl sites for hydroxylation is 1. The molecule has 1 aromatic rings. The molecule has 1 aliphatic rings. The molecular weight excluding hydrogens is 210 g/mol. The van der Waals surface area contributed by atoms with Gasteiger partial charge in [-0.1, -0.05) is 0 Å². The number of hydrogen-bond donors (Lipinski definition) is 2. The molecule has 2 heterocycles. The Morgan fingerprint density at radius 1 is 1.60 bits per heavy atom. The predicted octanol–water partition coefficient (Wildman–Crippen LogP) is 1.83. The van der Waals surface area contributed by atoms with Crippen LogP contribution in [-0.2, 0) is 4.79 Å². The van der Waals surface area contributed by atoms with Gasteiger partial charge < -0.3 is 10.4 Å². The molecule has 2 unspecified atom stereocenters. The van der Waals surface area contributed by atoms with Crippen LogP contribution in [0.2, 0.25) is 0 Å². The van der Waals surface area contributed by atoms with Gasteiger partial charge in [0, 0.05) is 22.2 Å². The van der Waals surface area contributed by atoms with Gasteiger partial charge in [0.2, 0.25) is 0 Å². The van der Waals surface area contributed by atoms with Gasteiger partial charge in [0.1, 0.15) is 0 Å². The molecule has 15 heavy (non-hydrogen) atoms. The quantitative estimate of drug-likeness (QED) is 0.807. The Bertz CT molecular complexity index is 361. The Balaban J connectivity index is 2.21. The van der Waals surface area contributed by atoms with E-state index in [1.807, 2.05) is 0 Å². The highest BCUT2D eigenvalue weighted by atomic mass is 32.1. The lowest BCUT2D eigenvalue weighted by Gasteiger charge is -2.28. The van der Waals surface area contributed by atoms with Crippen molar-refractivity contribution in [1.29, 1.82) is 0 Å². The van der Waals surface area contributed by atoms with Crippen molar-refractivity contribution >= 4 is 17.3 Å². The zero-order valence-corrected chi connectivity index (χ0v) is 9.51. The van der Waals surface area contributed by atoms with Crippen molar-refractivity contribution in [1.82, 2.24) is 5.32 Å². The summed E-state index contributed by atoms with van der Waals surface area (Å²) in [6, 6.07) is 4.15. The van der Waals surface area contributed by atoms with Crippen LogP contribution < -0.4 is 5.32 Å². The lowest BCUT2D eigenvalue weighted by molar-refractivity contribution is -0.142. The minimum absolute atomic E-state index is 0.197. The van der Waals surface area contributed by atoms with E-state index in [0.29, 0.717) is 6.54 Å². The molecule has 2 N–H and O–H groups in total. The molecule has 0 aromatic carbocycles. The van der Waals surface area contributed by atoms with Gasteiger partial charge in [0.05, 0.1) is 5.92 Å². The second-order valence-corrected chi connectivity index (χ2v) is 5.31. The molecule has 82 valence electrons. The topological polar surface area (TPSA) is 49.3 Å². The van der Waals surface area contributed by atoms with Crippen molar-refractivity contribution in [3.63, 3.8) is 0 Å². The predicted molar refractivity (Wildman–Crippen MR) is 60.4 cm³/mol. The molecule has 1 aliphatic heterocycles. The fraction of sp³-hybridized carbons (Fsp3) is 0.545. The fourth-order valence-electron chi connectivity index (χ4n) is 2.11. The molecule has 0 radical (unpaired) electrons. The summed E-state index contributed by atoms with van der Waals surface area (Å²) in [5.41, 5.74) is 0. The third-order valence-corrected chi connectivity index (χ3v) is 4.06. The van der Waals surface area contributed by atoms with Gasteiger partial charge >= 0.3 is 5.97 Å². The summed E-state index contributed by atoms with van der Waals surface area (Å²) in [5, 5.41) is 12.3. The fourth-order valence-corrected chi connectivity index (χ4v) is 3.19. The Kier molecular flexibility index (Phi) is 3.07. The smallest absolute Gasteiger partial charge is 0.308 e. The number of nitrogens with one attached hydrogen (secondary N) is 1. The van der Waals surface area contributed by atoms with Crippen LogP contribution in [0, 0.1) is 12.8 Å². The molecule has 3 nitrogen and oxygen atoms in total. The number of carbonyl (C=O) groups is 1. The second-order valence-electron chi connectivity index (χ2n) is 3.99. The van der Waals surface area contributed by atoms with E-state index in [-0.39, 0.29) is 11.8 Å². The largest absolute Gasteiger partial charge is 0.481 e. The summed E-state index contributed by atoms with van der Waals surface area (Å²) in [6.45, 7) is 3.58. The third-order valence-electron chi connectivity index (χ3n) is 2.93. The van der Waals surface area contributed by atoms with Crippen molar-refractivity contribution in [2.75, 3.05) is 13.1 Å². The van der Waals surface area contributed by atoms with E-state index >= 15 is 0 Å². The molecule has 1 aromatic heterocycles. The average molecular weight is 225 g/mol. The Morgan fingerprint density at radius 3 is 3.00 bits per heavy atom. The van der Waals surface area contributed by atoms with E-state index in [0.717, 1.165) is 13.0 Å². The first-order chi connectivity index (χ1) is 7.18. The number of carboxylic acids is 1. The molecule has 4 heteroatoms. The zero-order chi connectivity index (χ0) is 10.8. The molecule has 2 rings (SSSR count). The number of hydrogen-bond acceptors (Lipinski definition) is 3. The summed E-state index contributed by atoms with van der Waals surface area (Å²) in [7, 11) is 0. The summed E-state index contributed by atoms with van der Waals surface area (Å²) in [6.07, 6.45) is 0.927. The van der Waals surface area contributed by atoms with Gasteiger partial charge in [-0.2, -0.15) is 0 Å². The Labute approximate surface area is 93.1 Å². The van der Waals surface area contributed by atoms with Crippen LogP contribution in [0.3, 0.4) is 0 Å². The van der Waals surface area contributed by atoms with Gasteiger partial charge in [0.25, 0.3) is 0 Å². The molecule has 2 atom stereocenters. The van der Waals surface area contributed by atoms with Crippen LogP contribution in [0.15, 0.2) is 12.1 Å². The van der Waals surface area contributed by atoms with Crippen LogP contribution in [0.25, 0.3) is 0 Å². The Morgan fingerprint density at radius 2 is 2.40 bits per heavy atom. The highest BCUT2D eigenvalue weighted by Crippen LogP contribution is 2.34. The molecule has 1 fully saturated rings. The molecule has 0 aliphatic carbocycles. The third kappa shape index (κ3) is 2.21. The summed E-state index contributed by atoms with van der Waals surface area (Å²) in [5.74, 6) is -0.752.